The Kier molecular flexibility index (Phi) is 3.05. The first kappa shape index (κ1) is 9.27. The molecule has 0 bridgehead atoms. The Morgan fingerprint density at radius 1 is 1.23 bits per heavy atom. The summed E-state index contributed by atoms with van der Waals surface area (Å²) in [4.78, 5) is 3.45. The van der Waals surface area contributed by atoms with Gasteiger partial charge in [-0.2, -0.15) is 0 Å². The van der Waals surface area contributed by atoms with Gasteiger partial charge in [0.25, 0.3) is 0 Å². The van der Waals surface area contributed by atoms with Crippen molar-refractivity contribution in [2.75, 3.05) is 0 Å². The molecule has 1 nitrogen and oxygen atoms in total. The average molecular weight is 195 g/mol. The first-order valence-electron chi connectivity index (χ1n) is 5.38. The molecule has 1 aromatic heterocycles. The molecule has 0 aromatic carbocycles. The van der Waals surface area contributed by atoms with E-state index in [9.17, 15) is 0 Å². The minimum Gasteiger partial charge on any atom is -0.360 e. The predicted octanol–water partition coefficient (Wildman–Crippen LogP) is 4.34. The second kappa shape index (κ2) is 4.28. The van der Waals surface area contributed by atoms with Gasteiger partial charge in [0.2, 0.25) is 0 Å². The number of hydrogen-bond donors (Lipinski definition) is 1. The third-order valence-electron chi connectivity index (χ3n) is 2.97. The molecule has 1 aromatic rings. The summed E-state index contributed by atoms with van der Waals surface area (Å²) in [6, 6.07) is 0. The Morgan fingerprint density at radius 2 is 1.92 bits per heavy atom. The van der Waals surface area contributed by atoms with Gasteiger partial charge in [0.05, 0.1) is 0 Å². The zero-order chi connectivity index (χ0) is 9.10. The number of H-pyrrole nitrogens is 1. The number of aryl methyl sites for hydroxylation is 1. The molecule has 1 heterocycles. The fourth-order valence-electron chi connectivity index (χ4n) is 2.19. The topological polar surface area (TPSA) is 15.8 Å². The fourth-order valence-corrected chi connectivity index (χ4v) is 3.27. The summed E-state index contributed by atoms with van der Waals surface area (Å²) < 4.78 is 0. The van der Waals surface area contributed by atoms with Gasteiger partial charge in [-0.3, -0.25) is 0 Å². The van der Waals surface area contributed by atoms with Crippen molar-refractivity contribution < 1.29 is 0 Å². The van der Waals surface area contributed by atoms with Gasteiger partial charge in [0.15, 0.2) is 0 Å². The summed E-state index contributed by atoms with van der Waals surface area (Å²) in [5, 5.41) is 1.47. The highest BCUT2D eigenvalue weighted by Crippen LogP contribution is 2.35. The molecule has 72 valence electrons. The Bertz CT molecular complexity index is 259. The van der Waals surface area contributed by atoms with E-state index >= 15 is 0 Å². The summed E-state index contributed by atoms with van der Waals surface area (Å²) in [7, 11) is 1.46. The first-order valence-corrected chi connectivity index (χ1v) is 6.27. The standard InChI is InChI=1S/C11H18NP/c1-9-8-12-11(13-9)10-6-4-2-3-5-7-10/h8,10,12H,2-7H2,1H3. The number of aromatic nitrogens is 1. The van der Waals surface area contributed by atoms with Crippen LogP contribution in [0, 0.1) is 6.92 Å². The SMILES string of the molecule is Cc1c[nH]c(C2CCCCCC2)p1. The molecule has 0 amide bonds. The molecule has 0 atom stereocenters. The van der Waals surface area contributed by atoms with E-state index in [2.05, 4.69) is 18.1 Å². The number of nitrogens with one attached hydrogen (secondary N) is 1. The maximum absolute atomic E-state index is 3.45. The molecule has 2 rings (SSSR count). The molecule has 2 heteroatoms. The van der Waals surface area contributed by atoms with Crippen molar-refractivity contribution in [2.45, 2.75) is 51.4 Å². The lowest BCUT2D eigenvalue weighted by Gasteiger charge is -2.10. The summed E-state index contributed by atoms with van der Waals surface area (Å²) in [6.07, 6.45) is 10.8. The summed E-state index contributed by atoms with van der Waals surface area (Å²) in [5.41, 5.74) is 1.57. The molecule has 0 unspecified atom stereocenters. The highest BCUT2D eigenvalue weighted by molar-refractivity contribution is 7.31. The van der Waals surface area contributed by atoms with Crippen LogP contribution < -0.4 is 0 Å². The third-order valence-corrected chi connectivity index (χ3v) is 4.18. The van der Waals surface area contributed by atoms with Crippen molar-refractivity contribution in [2.24, 2.45) is 0 Å². The van der Waals surface area contributed by atoms with Gasteiger partial charge in [0.1, 0.15) is 0 Å². The fraction of sp³-hybridized carbons (Fsp3) is 0.727. The summed E-state index contributed by atoms with van der Waals surface area (Å²) in [5.74, 6) is 0.859. The van der Waals surface area contributed by atoms with E-state index in [4.69, 9.17) is 0 Å². The minimum absolute atomic E-state index is 0.859. The first-order chi connectivity index (χ1) is 6.36. The number of hydrogen-bond acceptors (Lipinski definition) is 0. The van der Waals surface area contributed by atoms with Crippen molar-refractivity contribution in [3.63, 3.8) is 0 Å². The molecular weight excluding hydrogens is 177 g/mol. The lowest BCUT2D eigenvalue weighted by Crippen LogP contribution is -1.94. The largest absolute Gasteiger partial charge is 0.360 e. The van der Waals surface area contributed by atoms with Gasteiger partial charge in [-0.15, -0.1) is 0 Å². The molecule has 1 aliphatic carbocycles. The van der Waals surface area contributed by atoms with E-state index in [1.54, 1.807) is 5.43 Å². The molecule has 1 saturated carbocycles. The van der Waals surface area contributed by atoms with Crippen LogP contribution in [0.15, 0.2) is 6.20 Å². The van der Waals surface area contributed by atoms with Crippen LogP contribution in [0.2, 0.25) is 0 Å². The van der Waals surface area contributed by atoms with Crippen LogP contribution in [-0.4, -0.2) is 4.98 Å². The zero-order valence-corrected chi connectivity index (χ0v) is 9.24. The predicted molar refractivity (Wildman–Crippen MR) is 58.5 cm³/mol. The van der Waals surface area contributed by atoms with Crippen LogP contribution >= 0.6 is 8.19 Å². The molecule has 0 spiro atoms. The van der Waals surface area contributed by atoms with Crippen LogP contribution in [-0.2, 0) is 0 Å². The molecule has 1 N–H and O–H groups in total. The highest BCUT2D eigenvalue weighted by Gasteiger charge is 2.15. The normalized spacial score (nSPS) is 20.7. The molecular formula is C11H18NP. The Labute approximate surface area is 82.1 Å². The van der Waals surface area contributed by atoms with Crippen molar-refractivity contribution in [1.82, 2.24) is 4.98 Å². The quantitative estimate of drug-likeness (QED) is 0.641. The van der Waals surface area contributed by atoms with E-state index in [1.807, 2.05) is 0 Å². The van der Waals surface area contributed by atoms with Gasteiger partial charge in [0, 0.05) is 17.5 Å². The summed E-state index contributed by atoms with van der Waals surface area (Å²) >= 11 is 0. The maximum Gasteiger partial charge on any atom is 0.0458 e. The van der Waals surface area contributed by atoms with E-state index in [1.165, 1.54) is 52.0 Å². The van der Waals surface area contributed by atoms with E-state index in [-0.39, 0.29) is 0 Å². The summed E-state index contributed by atoms with van der Waals surface area (Å²) in [6.45, 7) is 2.21. The van der Waals surface area contributed by atoms with E-state index < -0.39 is 0 Å². The van der Waals surface area contributed by atoms with Crippen molar-refractivity contribution in [1.29, 1.82) is 0 Å². The van der Waals surface area contributed by atoms with Gasteiger partial charge in [-0.25, -0.2) is 0 Å². The smallest absolute Gasteiger partial charge is 0.0458 e. The molecule has 1 fully saturated rings. The van der Waals surface area contributed by atoms with Gasteiger partial charge in [-0.05, 0) is 33.3 Å². The van der Waals surface area contributed by atoms with Crippen molar-refractivity contribution >= 4 is 8.19 Å². The second-order valence-electron chi connectivity index (χ2n) is 4.12. The molecule has 0 saturated heterocycles. The lowest BCUT2D eigenvalue weighted by atomic mass is 10.0. The minimum atomic E-state index is 0.859. The van der Waals surface area contributed by atoms with Crippen molar-refractivity contribution in [3.8, 4) is 0 Å². The molecule has 13 heavy (non-hydrogen) atoms. The molecule has 0 aliphatic heterocycles. The van der Waals surface area contributed by atoms with Crippen LogP contribution in [0.3, 0.4) is 0 Å². The Hall–Kier alpha value is -0.290. The lowest BCUT2D eigenvalue weighted by molar-refractivity contribution is 0.589. The number of rotatable bonds is 1. The second-order valence-corrected chi connectivity index (χ2v) is 5.53. The van der Waals surface area contributed by atoms with Crippen LogP contribution in [0.5, 0.6) is 0 Å². The Morgan fingerprint density at radius 3 is 2.46 bits per heavy atom. The average Bonchev–Trinajstić information content (AvgIpc) is 2.43. The maximum atomic E-state index is 3.45. The van der Waals surface area contributed by atoms with Gasteiger partial charge >= 0.3 is 0 Å². The Balaban J connectivity index is 2.06. The zero-order valence-electron chi connectivity index (χ0n) is 8.34. The van der Waals surface area contributed by atoms with Crippen molar-refractivity contribution in [3.05, 3.63) is 16.9 Å². The van der Waals surface area contributed by atoms with Crippen LogP contribution in [0.25, 0.3) is 0 Å². The third kappa shape index (κ3) is 2.34. The highest BCUT2D eigenvalue weighted by atomic mass is 31.0. The van der Waals surface area contributed by atoms with E-state index in [0.717, 1.165) is 5.92 Å². The number of aromatic amines is 1. The van der Waals surface area contributed by atoms with Gasteiger partial charge in [-0.1, -0.05) is 25.7 Å². The monoisotopic (exact) mass is 195 g/mol. The van der Waals surface area contributed by atoms with Gasteiger partial charge < -0.3 is 4.98 Å². The van der Waals surface area contributed by atoms with Crippen LogP contribution in [0.1, 0.15) is 55.2 Å². The van der Waals surface area contributed by atoms with Crippen LogP contribution in [0.4, 0.5) is 0 Å². The molecule has 1 aliphatic rings. The van der Waals surface area contributed by atoms with E-state index in [0.29, 0.717) is 0 Å². The molecule has 0 radical (unpaired) electrons.